The van der Waals surface area contributed by atoms with Crippen molar-refractivity contribution in [3.8, 4) is 0 Å². The van der Waals surface area contributed by atoms with Gasteiger partial charge < -0.3 is 5.32 Å². The van der Waals surface area contributed by atoms with Gasteiger partial charge in [-0.2, -0.15) is 0 Å². The molecule has 0 aliphatic rings. The molecule has 19 heavy (non-hydrogen) atoms. The Labute approximate surface area is 124 Å². The van der Waals surface area contributed by atoms with Gasteiger partial charge in [0.2, 0.25) is 0 Å². The van der Waals surface area contributed by atoms with E-state index in [0.717, 1.165) is 6.54 Å². The summed E-state index contributed by atoms with van der Waals surface area (Å²) in [6.07, 6.45) is 0. The molecule has 0 bridgehead atoms. The van der Waals surface area contributed by atoms with Crippen LogP contribution in [0.25, 0.3) is 0 Å². The van der Waals surface area contributed by atoms with E-state index in [2.05, 4.69) is 84.5 Å². The van der Waals surface area contributed by atoms with Gasteiger partial charge in [0.25, 0.3) is 0 Å². The zero-order valence-electron chi connectivity index (χ0n) is 11.7. The van der Waals surface area contributed by atoms with Crippen LogP contribution in [0.3, 0.4) is 0 Å². The molecule has 2 rings (SSSR count). The highest BCUT2D eigenvalue weighted by Gasteiger charge is 2.05. The first-order valence-corrected chi connectivity index (χ1v) is 7.40. The lowest BCUT2D eigenvalue weighted by molar-refractivity contribution is 0.574. The van der Waals surface area contributed by atoms with Crippen LogP contribution in [-0.2, 0) is 6.54 Å². The first-order valence-electron chi connectivity index (χ1n) is 6.61. The van der Waals surface area contributed by atoms with Gasteiger partial charge >= 0.3 is 0 Å². The molecule has 0 saturated heterocycles. The topological polar surface area (TPSA) is 12.0 Å². The molecule has 2 aromatic carbocycles. The van der Waals surface area contributed by atoms with Crippen molar-refractivity contribution in [1.82, 2.24) is 5.32 Å². The Hall–Kier alpha value is -1.12. The molecule has 0 fully saturated rings. The summed E-state index contributed by atoms with van der Waals surface area (Å²) in [6.45, 7) is 7.36. The van der Waals surface area contributed by atoms with E-state index in [0.29, 0.717) is 6.04 Å². The molecule has 1 nitrogen and oxygen atoms in total. The number of rotatable bonds is 4. The lowest BCUT2D eigenvalue weighted by atomic mass is 10.1. The zero-order valence-corrected chi connectivity index (χ0v) is 13.3. The monoisotopic (exact) mass is 317 g/mol. The van der Waals surface area contributed by atoms with Crippen LogP contribution >= 0.6 is 15.9 Å². The maximum Gasteiger partial charge on any atom is 0.0295 e. The van der Waals surface area contributed by atoms with Crippen LogP contribution in [0.1, 0.15) is 35.2 Å². The maximum atomic E-state index is 3.57. The van der Waals surface area contributed by atoms with Gasteiger partial charge in [0, 0.05) is 17.1 Å². The molecule has 0 aliphatic carbocycles. The highest BCUT2D eigenvalue weighted by atomic mass is 79.9. The van der Waals surface area contributed by atoms with Gasteiger partial charge in [-0.05, 0) is 43.5 Å². The van der Waals surface area contributed by atoms with E-state index in [-0.39, 0.29) is 0 Å². The molecule has 0 unspecified atom stereocenters. The van der Waals surface area contributed by atoms with Gasteiger partial charge in [-0.3, -0.25) is 0 Å². The Morgan fingerprint density at radius 3 is 2.58 bits per heavy atom. The second-order valence-electron chi connectivity index (χ2n) is 5.10. The molecule has 0 aromatic heterocycles. The van der Waals surface area contributed by atoms with E-state index in [4.69, 9.17) is 0 Å². The number of halogens is 1. The largest absolute Gasteiger partial charge is 0.306 e. The van der Waals surface area contributed by atoms with Crippen molar-refractivity contribution < 1.29 is 0 Å². The number of hydrogen-bond acceptors (Lipinski definition) is 1. The van der Waals surface area contributed by atoms with Crippen molar-refractivity contribution in [1.29, 1.82) is 0 Å². The molecule has 100 valence electrons. The predicted octanol–water partition coefficient (Wildman–Crippen LogP) is 4.92. The average molecular weight is 318 g/mol. The minimum atomic E-state index is 0.365. The fourth-order valence-electron chi connectivity index (χ4n) is 2.15. The lowest BCUT2D eigenvalue weighted by Gasteiger charge is -2.15. The average Bonchev–Trinajstić information content (AvgIpc) is 2.40. The molecule has 0 amide bonds. The summed E-state index contributed by atoms with van der Waals surface area (Å²) in [5.41, 5.74) is 5.25. The highest BCUT2D eigenvalue weighted by Crippen LogP contribution is 2.18. The van der Waals surface area contributed by atoms with Crippen LogP contribution in [0.15, 0.2) is 46.9 Å². The van der Waals surface area contributed by atoms with Crippen LogP contribution < -0.4 is 5.32 Å². The Morgan fingerprint density at radius 1 is 1.11 bits per heavy atom. The molecular formula is C17H20BrN. The summed E-state index contributed by atoms with van der Waals surface area (Å²) in [5.74, 6) is 0. The van der Waals surface area contributed by atoms with Gasteiger partial charge in [-0.15, -0.1) is 0 Å². The SMILES string of the molecule is Cc1cccc([C@@H](C)NCc2ccc(Br)c(C)c2)c1. The number of benzene rings is 2. The van der Waals surface area contributed by atoms with E-state index in [9.17, 15) is 0 Å². The molecule has 0 heterocycles. The van der Waals surface area contributed by atoms with Gasteiger partial charge in [0.15, 0.2) is 0 Å². The summed E-state index contributed by atoms with van der Waals surface area (Å²) in [5, 5.41) is 3.57. The number of aryl methyl sites for hydroxylation is 2. The van der Waals surface area contributed by atoms with E-state index >= 15 is 0 Å². The number of nitrogens with one attached hydrogen (secondary N) is 1. The lowest BCUT2D eigenvalue weighted by Crippen LogP contribution is -2.18. The normalized spacial score (nSPS) is 12.4. The Morgan fingerprint density at radius 2 is 1.89 bits per heavy atom. The van der Waals surface area contributed by atoms with Gasteiger partial charge in [0.05, 0.1) is 0 Å². The van der Waals surface area contributed by atoms with Gasteiger partial charge in [-0.25, -0.2) is 0 Å². The molecule has 2 heteroatoms. The summed E-state index contributed by atoms with van der Waals surface area (Å²) in [7, 11) is 0. The zero-order chi connectivity index (χ0) is 13.8. The first kappa shape index (κ1) is 14.3. The molecule has 2 aromatic rings. The fourth-order valence-corrected chi connectivity index (χ4v) is 2.39. The predicted molar refractivity (Wildman–Crippen MR) is 85.3 cm³/mol. The molecule has 0 spiro atoms. The second-order valence-corrected chi connectivity index (χ2v) is 5.95. The number of hydrogen-bond donors (Lipinski definition) is 1. The van der Waals surface area contributed by atoms with Crippen molar-refractivity contribution in [2.75, 3.05) is 0 Å². The molecule has 1 N–H and O–H groups in total. The Kier molecular flexibility index (Phi) is 4.78. The van der Waals surface area contributed by atoms with E-state index in [1.807, 2.05) is 0 Å². The van der Waals surface area contributed by atoms with Crippen molar-refractivity contribution in [2.45, 2.75) is 33.4 Å². The summed E-state index contributed by atoms with van der Waals surface area (Å²) in [4.78, 5) is 0. The van der Waals surface area contributed by atoms with Crippen LogP contribution in [0, 0.1) is 13.8 Å². The maximum absolute atomic E-state index is 3.57. The van der Waals surface area contributed by atoms with Crippen LogP contribution in [-0.4, -0.2) is 0 Å². The van der Waals surface area contributed by atoms with Crippen LogP contribution in [0.5, 0.6) is 0 Å². The van der Waals surface area contributed by atoms with E-state index in [1.165, 1.54) is 26.7 Å². The summed E-state index contributed by atoms with van der Waals surface area (Å²) < 4.78 is 1.17. The van der Waals surface area contributed by atoms with E-state index < -0.39 is 0 Å². The van der Waals surface area contributed by atoms with Crippen LogP contribution in [0.4, 0.5) is 0 Å². The van der Waals surface area contributed by atoms with Gasteiger partial charge in [0.1, 0.15) is 0 Å². The van der Waals surface area contributed by atoms with Crippen LogP contribution in [0.2, 0.25) is 0 Å². The van der Waals surface area contributed by atoms with Gasteiger partial charge in [-0.1, -0.05) is 57.9 Å². The minimum Gasteiger partial charge on any atom is -0.306 e. The summed E-state index contributed by atoms with van der Waals surface area (Å²) >= 11 is 3.53. The van der Waals surface area contributed by atoms with Crippen molar-refractivity contribution in [3.63, 3.8) is 0 Å². The summed E-state index contributed by atoms with van der Waals surface area (Å²) in [6, 6.07) is 15.5. The molecule has 0 saturated carbocycles. The molecule has 0 aliphatic heterocycles. The highest BCUT2D eigenvalue weighted by molar-refractivity contribution is 9.10. The standard InChI is InChI=1S/C17H20BrN/c1-12-5-4-6-16(9-12)14(3)19-11-15-7-8-17(18)13(2)10-15/h4-10,14,19H,11H2,1-3H3/t14-/m1/s1. The van der Waals surface area contributed by atoms with Crippen molar-refractivity contribution in [3.05, 3.63) is 69.2 Å². The third kappa shape index (κ3) is 3.92. The minimum absolute atomic E-state index is 0.365. The third-order valence-electron chi connectivity index (χ3n) is 3.38. The van der Waals surface area contributed by atoms with Crippen molar-refractivity contribution >= 4 is 15.9 Å². The van der Waals surface area contributed by atoms with Crippen molar-refractivity contribution in [2.24, 2.45) is 0 Å². The second kappa shape index (κ2) is 6.36. The van der Waals surface area contributed by atoms with E-state index in [1.54, 1.807) is 0 Å². The molecule has 0 radical (unpaired) electrons. The Bertz CT molecular complexity index is 563. The molecular weight excluding hydrogens is 298 g/mol. The fraction of sp³-hybridized carbons (Fsp3) is 0.294. The third-order valence-corrected chi connectivity index (χ3v) is 4.27. The molecule has 1 atom stereocenters. The first-order chi connectivity index (χ1) is 9.06. The Balaban J connectivity index is 2.00. The smallest absolute Gasteiger partial charge is 0.0295 e. The quantitative estimate of drug-likeness (QED) is 0.844.